The van der Waals surface area contributed by atoms with Crippen molar-refractivity contribution in [3.8, 4) is 11.3 Å². The molecule has 24 heavy (non-hydrogen) atoms. The average molecular weight is 320 g/mol. The van der Waals surface area contributed by atoms with Crippen LogP contribution in [0.3, 0.4) is 0 Å². The van der Waals surface area contributed by atoms with Crippen LogP contribution in [0.25, 0.3) is 11.3 Å². The molecule has 4 heteroatoms. The quantitative estimate of drug-likeness (QED) is 0.844. The number of hydrogen-bond donors (Lipinski definition) is 2. The van der Waals surface area contributed by atoms with E-state index in [9.17, 15) is 4.79 Å². The molecule has 0 saturated heterocycles. The molecule has 4 nitrogen and oxygen atoms in total. The lowest BCUT2D eigenvalue weighted by molar-refractivity contribution is -0.122. The van der Waals surface area contributed by atoms with Crippen LogP contribution in [0.15, 0.2) is 76.9 Å². The Morgan fingerprint density at radius 2 is 2.04 bits per heavy atom. The molecule has 1 unspecified atom stereocenters. The van der Waals surface area contributed by atoms with Crippen molar-refractivity contribution in [2.24, 2.45) is 5.92 Å². The van der Waals surface area contributed by atoms with Crippen LogP contribution in [0, 0.1) is 5.92 Å². The number of nitrogen functional groups attached to an aromatic ring is 1. The van der Waals surface area contributed by atoms with E-state index in [-0.39, 0.29) is 11.8 Å². The number of amides is 1. The molecule has 122 valence electrons. The first-order chi connectivity index (χ1) is 11.6. The fraction of sp³-hybridized carbons (Fsp3) is 0.150. The number of benzene rings is 1. The third kappa shape index (κ3) is 3.84. The Labute approximate surface area is 141 Å². The molecule has 0 aliphatic carbocycles. The molecule has 3 N–H and O–H groups in total. The van der Waals surface area contributed by atoms with Crippen LogP contribution in [0.5, 0.6) is 0 Å². The van der Waals surface area contributed by atoms with Gasteiger partial charge in [0.1, 0.15) is 11.5 Å². The van der Waals surface area contributed by atoms with E-state index in [2.05, 4.69) is 5.32 Å². The third-order valence-corrected chi connectivity index (χ3v) is 3.82. The van der Waals surface area contributed by atoms with Crippen molar-refractivity contribution < 1.29 is 9.21 Å². The van der Waals surface area contributed by atoms with Crippen molar-refractivity contribution >= 4 is 11.6 Å². The Bertz CT molecular complexity index is 828. The van der Waals surface area contributed by atoms with Crippen LogP contribution in [-0.2, 0) is 11.2 Å². The molecular weight excluding hydrogens is 300 g/mol. The molecule has 1 amide bonds. The molecule has 1 aliphatic rings. The van der Waals surface area contributed by atoms with Crippen molar-refractivity contribution in [3.63, 3.8) is 0 Å². The molecular formula is C20H20N2O2. The molecule has 1 aromatic heterocycles. The highest BCUT2D eigenvalue weighted by atomic mass is 16.3. The monoisotopic (exact) mass is 320 g/mol. The van der Waals surface area contributed by atoms with E-state index in [0.29, 0.717) is 12.1 Å². The lowest BCUT2D eigenvalue weighted by Crippen LogP contribution is -2.29. The molecule has 0 radical (unpaired) electrons. The number of allylic oxidation sites excluding steroid dienone is 5. The Morgan fingerprint density at radius 3 is 2.88 bits per heavy atom. The van der Waals surface area contributed by atoms with Crippen LogP contribution in [0.1, 0.15) is 12.7 Å². The summed E-state index contributed by atoms with van der Waals surface area (Å²) in [7, 11) is 0. The third-order valence-electron chi connectivity index (χ3n) is 3.82. The predicted molar refractivity (Wildman–Crippen MR) is 95.9 cm³/mol. The first-order valence-electron chi connectivity index (χ1n) is 7.89. The lowest BCUT2D eigenvalue weighted by atomic mass is 10.0. The maximum absolute atomic E-state index is 12.4. The summed E-state index contributed by atoms with van der Waals surface area (Å²) in [6.07, 6.45) is 9.97. The van der Waals surface area contributed by atoms with Gasteiger partial charge in [-0.2, -0.15) is 0 Å². The van der Waals surface area contributed by atoms with Crippen molar-refractivity contribution in [1.82, 2.24) is 5.32 Å². The summed E-state index contributed by atoms with van der Waals surface area (Å²) in [5.74, 6) is 1.20. The van der Waals surface area contributed by atoms with Crippen LogP contribution in [0.4, 0.5) is 5.69 Å². The fourth-order valence-electron chi connectivity index (χ4n) is 2.59. The van der Waals surface area contributed by atoms with Gasteiger partial charge >= 0.3 is 0 Å². The van der Waals surface area contributed by atoms with E-state index in [1.165, 1.54) is 0 Å². The predicted octanol–water partition coefficient (Wildman–Crippen LogP) is 3.83. The van der Waals surface area contributed by atoms with Crippen molar-refractivity contribution in [1.29, 1.82) is 0 Å². The number of carbonyl (C=O) groups excluding carboxylic acids is 1. The highest BCUT2D eigenvalue weighted by Crippen LogP contribution is 2.25. The lowest BCUT2D eigenvalue weighted by Gasteiger charge is -2.11. The van der Waals surface area contributed by atoms with Gasteiger partial charge in [0.2, 0.25) is 5.91 Å². The minimum atomic E-state index is -0.282. The normalized spacial score (nSPS) is 22.5. The molecule has 1 aliphatic heterocycles. The number of nitrogens with one attached hydrogen (secondary N) is 1. The summed E-state index contributed by atoms with van der Waals surface area (Å²) in [6.45, 7) is 1.87. The zero-order valence-corrected chi connectivity index (χ0v) is 13.5. The minimum absolute atomic E-state index is 0.0365. The van der Waals surface area contributed by atoms with Gasteiger partial charge in [-0.25, -0.2) is 0 Å². The Kier molecular flexibility index (Phi) is 4.66. The summed E-state index contributed by atoms with van der Waals surface area (Å²) < 4.78 is 5.90. The molecule has 0 saturated carbocycles. The number of hydrogen-bond acceptors (Lipinski definition) is 3. The van der Waals surface area contributed by atoms with E-state index >= 15 is 0 Å². The van der Waals surface area contributed by atoms with Gasteiger partial charge in [0.05, 0.1) is 5.92 Å². The van der Waals surface area contributed by atoms with Crippen molar-refractivity contribution in [3.05, 3.63) is 78.2 Å². The standard InChI is InChI=1S/C20H20N2O2/c1-14-6-3-2-4-7-16(20(23)22-14)13-18-10-11-19(24-18)15-8-5-9-17(21)12-15/h2-12,16H,13,21H2,1H3,(H,22,23)/b3-2-,7-4+,14-6+. The largest absolute Gasteiger partial charge is 0.461 e. The second kappa shape index (κ2) is 7.04. The molecule has 1 aromatic carbocycles. The number of rotatable bonds is 3. The van der Waals surface area contributed by atoms with Gasteiger partial charge in [0.15, 0.2) is 0 Å². The van der Waals surface area contributed by atoms with Gasteiger partial charge in [0.25, 0.3) is 0 Å². The highest BCUT2D eigenvalue weighted by molar-refractivity contribution is 5.82. The number of nitrogens with two attached hydrogens (primary N) is 1. The van der Waals surface area contributed by atoms with Gasteiger partial charge in [-0.05, 0) is 37.3 Å². The molecule has 0 bridgehead atoms. The van der Waals surface area contributed by atoms with Crippen LogP contribution < -0.4 is 11.1 Å². The molecule has 3 rings (SSSR count). The van der Waals surface area contributed by atoms with Gasteiger partial charge in [-0.1, -0.05) is 36.4 Å². The molecule has 2 aromatic rings. The second-order valence-electron chi connectivity index (χ2n) is 5.81. The van der Waals surface area contributed by atoms with E-state index in [1.807, 2.05) is 73.7 Å². The van der Waals surface area contributed by atoms with Crippen LogP contribution >= 0.6 is 0 Å². The molecule has 0 fully saturated rings. The number of furan rings is 1. The summed E-state index contributed by atoms with van der Waals surface area (Å²) in [5.41, 5.74) is 8.26. The SMILES string of the molecule is C\C1=C/C=C\C=C\C(Cc2ccc(-c3cccc(N)c3)o2)C(=O)N1. The van der Waals surface area contributed by atoms with E-state index in [4.69, 9.17) is 10.2 Å². The molecule has 0 spiro atoms. The van der Waals surface area contributed by atoms with E-state index < -0.39 is 0 Å². The smallest absolute Gasteiger partial charge is 0.231 e. The van der Waals surface area contributed by atoms with Crippen molar-refractivity contribution in [2.75, 3.05) is 5.73 Å². The van der Waals surface area contributed by atoms with Crippen molar-refractivity contribution in [2.45, 2.75) is 13.3 Å². The minimum Gasteiger partial charge on any atom is -0.461 e. The highest BCUT2D eigenvalue weighted by Gasteiger charge is 2.18. The molecule has 2 heterocycles. The Balaban J connectivity index is 1.78. The molecule has 1 atom stereocenters. The maximum Gasteiger partial charge on any atom is 0.231 e. The maximum atomic E-state index is 12.4. The fourth-order valence-corrected chi connectivity index (χ4v) is 2.59. The van der Waals surface area contributed by atoms with Gasteiger partial charge < -0.3 is 15.5 Å². The first-order valence-corrected chi connectivity index (χ1v) is 7.89. The van der Waals surface area contributed by atoms with Gasteiger partial charge in [0, 0.05) is 23.4 Å². The summed E-state index contributed by atoms with van der Waals surface area (Å²) in [6, 6.07) is 11.4. The Morgan fingerprint density at radius 1 is 1.17 bits per heavy atom. The second-order valence-corrected chi connectivity index (χ2v) is 5.81. The Hall–Kier alpha value is -3.01. The summed E-state index contributed by atoms with van der Waals surface area (Å²) in [5, 5.41) is 2.90. The first kappa shape index (κ1) is 15.9. The van der Waals surface area contributed by atoms with E-state index in [1.54, 1.807) is 0 Å². The zero-order valence-electron chi connectivity index (χ0n) is 13.5. The zero-order chi connectivity index (χ0) is 16.9. The van der Waals surface area contributed by atoms with Gasteiger partial charge in [-0.3, -0.25) is 4.79 Å². The summed E-state index contributed by atoms with van der Waals surface area (Å²) >= 11 is 0. The van der Waals surface area contributed by atoms with Crippen LogP contribution in [-0.4, -0.2) is 5.91 Å². The average Bonchev–Trinajstić information content (AvgIpc) is 3.03. The number of carbonyl (C=O) groups is 1. The number of anilines is 1. The summed E-state index contributed by atoms with van der Waals surface area (Å²) in [4.78, 5) is 12.4. The topological polar surface area (TPSA) is 68.3 Å². The van der Waals surface area contributed by atoms with Gasteiger partial charge in [-0.15, -0.1) is 0 Å². The van der Waals surface area contributed by atoms with E-state index in [0.717, 1.165) is 22.8 Å². The van der Waals surface area contributed by atoms with Crippen LogP contribution in [0.2, 0.25) is 0 Å².